The lowest BCUT2D eigenvalue weighted by molar-refractivity contribution is 0.205. The number of rotatable bonds is 4. The number of hydrogen-bond donors (Lipinski definition) is 2. The Kier molecular flexibility index (Phi) is 5.24. The first-order valence-corrected chi connectivity index (χ1v) is 9.49. The van der Waals surface area contributed by atoms with E-state index in [9.17, 15) is 19.4 Å². The summed E-state index contributed by atoms with van der Waals surface area (Å²) in [5.74, 6) is -0.457. The summed E-state index contributed by atoms with van der Waals surface area (Å²) in [6, 6.07) is 10.8. The van der Waals surface area contributed by atoms with Crippen LogP contribution in [-0.2, 0) is 6.54 Å². The Morgan fingerprint density at radius 3 is 2.40 bits per heavy atom. The molecule has 6 nitrogen and oxygen atoms in total. The molecule has 2 N–H and O–H groups in total. The minimum absolute atomic E-state index is 0.0323. The van der Waals surface area contributed by atoms with Crippen LogP contribution in [-0.4, -0.2) is 25.9 Å². The molecule has 0 aliphatic heterocycles. The molecule has 0 unspecified atom stereocenters. The molecule has 0 aliphatic rings. The number of fused-ring (bicyclic) bond motifs is 1. The van der Waals surface area contributed by atoms with Gasteiger partial charge in [0.05, 0.1) is 32.3 Å². The van der Waals surface area contributed by atoms with Crippen LogP contribution in [0.4, 0.5) is 20.6 Å². The Hall–Kier alpha value is -3.29. The van der Waals surface area contributed by atoms with Crippen molar-refractivity contribution in [1.29, 1.82) is 0 Å². The number of aromatic hydroxyl groups is 1. The zero-order chi connectivity index (χ0) is 21.4. The van der Waals surface area contributed by atoms with Crippen LogP contribution in [0.3, 0.4) is 0 Å². The summed E-state index contributed by atoms with van der Waals surface area (Å²) in [5.41, 5.74) is 1.59. The van der Waals surface area contributed by atoms with Crippen molar-refractivity contribution in [3.05, 3.63) is 82.5 Å². The van der Waals surface area contributed by atoms with E-state index >= 15 is 0 Å². The Labute approximate surface area is 180 Å². The van der Waals surface area contributed by atoms with E-state index in [2.05, 4.69) is 4.98 Å². The Balaban J connectivity index is 1.93. The Morgan fingerprint density at radius 1 is 1.10 bits per heavy atom. The third-order valence-corrected chi connectivity index (χ3v) is 5.17. The lowest BCUT2D eigenvalue weighted by atomic mass is 10.2. The van der Waals surface area contributed by atoms with Gasteiger partial charge >= 0.3 is 6.09 Å². The molecule has 2 heterocycles. The van der Waals surface area contributed by atoms with E-state index in [1.165, 1.54) is 30.6 Å². The van der Waals surface area contributed by atoms with Crippen LogP contribution in [0.2, 0.25) is 10.0 Å². The number of aromatic nitrogens is 2. The van der Waals surface area contributed by atoms with Crippen LogP contribution < -0.4 is 4.90 Å². The van der Waals surface area contributed by atoms with E-state index in [0.29, 0.717) is 17.4 Å². The highest BCUT2D eigenvalue weighted by molar-refractivity contribution is 6.40. The molecule has 152 valence electrons. The molecule has 9 heteroatoms. The highest BCUT2D eigenvalue weighted by Gasteiger charge is 2.27. The van der Waals surface area contributed by atoms with Crippen molar-refractivity contribution in [2.75, 3.05) is 4.90 Å². The minimum Gasteiger partial charge on any atom is -0.507 e. The van der Waals surface area contributed by atoms with E-state index in [4.69, 9.17) is 23.2 Å². The van der Waals surface area contributed by atoms with Crippen LogP contribution in [0.1, 0.15) is 5.56 Å². The molecule has 0 aliphatic carbocycles. The first kappa shape index (κ1) is 20.0. The van der Waals surface area contributed by atoms with Crippen molar-refractivity contribution in [2.24, 2.45) is 0 Å². The van der Waals surface area contributed by atoms with Crippen molar-refractivity contribution in [1.82, 2.24) is 9.55 Å². The predicted molar refractivity (Wildman–Crippen MR) is 114 cm³/mol. The van der Waals surface area contributed by atoms with E-state index in [1.807, 2.05) is 0 Å². The number of phenolic OH excluding ortho intramolecular Hbond substituents is 1. The fourth-order valence-electron chi connectivity index (χ4n) is 3.34. The zero-order valence-electron chi connectivity index (χ0n) is 15.3. The molecule has 1 amide bonds. The monoisotopic (exact) mass is 445 g/mol. The standard InChI is InChI=1S/C21H14Cl2FN3O3/c22-14-8-25-9-15(23)20(14)27(21(29)30)17-11-26(10-12-4-6-13(24)7-5-12)16-2-1-3-18(28)19(16)17/h1-9,11,28H,10H2,(H,29,30). The normalized spacial score (nSPS) is 11.0. The average Bonchev–Trinajstić information content (AvgIpc) is 3.05. The number of benzene rings is 2. The summed E-state index contributed by atoms with van der Waals surface area (Å²) in [7, 11) is 0. The van der Waals surface area contributed by atoms with Gasteiger partial charge in [-0.25, -0.2) is 14.1 Å². The Bertz CT molecular complexity index is 1240. The Morgan fingerprint density at radius 2 is 1.77 bits per heavy atom. The van der Waals surface area contributed by atoms with E-state index in [1.54, 1.807) is 35.0 Å². The summed E-state index contributed by atoms with van der Waals surface area (Å²) in [6.45, 7) is 0.325. The number of halogens is 3. The van der Waals surface area contributed by atoms with Crippen molar-refractivity contribution in [3.63, 3.8) is 0 Å². The van der Waals surface area contributed by atoms with Crippen LogP contribution >= 0.6 is 23.2 Å². The molecule has 0 radical (unpaired) electrons. The van der Waals surface area contributed by atoms with Gasteiger partial charge in [0.1, 0.15) is 11.6 Å². The van der Waals surface area contributed by atoms with Gasteiger partial charge in [0, 0.05) is 25.1 Å². The summed E-state index contributed by atoms with van der Waals surface area (Å²) >= 11 is 12.4. The number of amides is 1. The third-order valence-electron chi connectivity index (χ3n) is 4.61. The van der Waals surface area contributed by atoms with Gasteiger partial charge in [-0.15, -0.1) is 0 Å². The predicted octanol–water partition coefficient (Wildman–Crippen LogP) is 6.05. The molecule has 0 fully saturated rings. The van der Waals surface area contributed by atoms with Gasteiger partial charge in [-0.3, -0.25) is 4.98 Å². The number of carboxylic acid groups (broad SMARTS) is 1. The molecule has 0 saturated heterocycles. The maximum atomic E-state index is 13.3. The number of carbonyl (C=O) groups is 1. The van der Waals surface area contributed by atoms with E-state index < -0.39 is 6.09 Å². The molecular weight excluding hydrogens is 432 g/mol. The maximum Gasteiger partial charge on any atom is 0.416 e. The zero-order valence-corrected chi connectivity index (χ0v) is 16.8. The van der Waals surface area contributed by atoms with E-state index in [-0.39, 0.29) is 33.0 Å². The summed E-state index contributed by atoms with van der Waals surface area (Å²) < 4.78 is 15.0. The number of anilines is 2. The smallest absolute Gasteiger partial charge is 0.416 e. The number of hydrogen-bond acceptors (Lipinski definition) is 3. The average molecular weight is 446 g/mol. The second kappa shape index (κ2) is 7.85. The topological polar surface area (TPSA) is 78.6 Å². The van der Waals surface area contributed by atoms with Gasteiger partial charge in [0.25, 0.3) is 0 Å². The van der Waals surface area contributed by atoms with Crippen LogP contribution in [0.15, 0.2) is 61.1 Å². The minimum atomic E-state index is -1.34. The lowest BCUT2D eigenvalue weighted by Gasteiger charge is -2.21. The number of phenols is 1. The summed E-state index contributed by atoms with van der Waals surface area (Å²) in [4.78, 5) is 17.0. The number of pyridine rings is 1. The van der Waals surface area contributed by atoms with Crippen molar-refractivity contribution >= 4 is 51.6 Å². The van der Waals surface area contributed by atoms with Gasteiger partial charge in [-0.05, 0) is 29.8 Å². The second-order valence-electron chi connectivity index (χ2n) is 6.51. The van der Waals surface area contributed by atoms with Crippen LogP contribution in [0, 0.1) is 5.82 Å². The molecule has 30 heavy (non-hydrogen) atoms. The quantitative estimate of drug-likeness (QED) is 0.400. The SMILES string of the molecule is O=C(O)N(c1c(Cl)cncc1Cl)c1cn(Cc2ccc(F)cc2)c2cccc(O)c12. The van der Waals surface area contributed by atoms with Gasteiger partial charge < -0.3 is 14.8 Å². The molecule has 4 rings (SSSR count). The summed E-state index contributed by atoms with van der Waals surface area (Å²) in [5, 5.41) is 20.9. The van der Waals surface area contributed by atoms with Gasteiger partial charge in [-0.1, -0.05) is 41.4 Å². The molecule has 0 spiro atoms. The van der Waals surface area contributed by atoms with Crippen LogP contribution in [0.25, 0.3) is 10.9 Å². The second-order valence-corrected chi connectivity index (χ2v) is 7.32. The summed E-state index contributed by atoms with van der Waals surface area (Å²) in [6.07, 6.45) is 2.82. The molecule has 4 aromatic rings. The highest BCUT2D eigenvalue weighted by Crippen LogP contribution is 2.43. The molecular formula is C21H14Cl2FN3O3. The maximum absolute atomic E-state index is 13.3. The highest BCUT2D eigenvalue weighted by atomic mass is 35.5. The molecule has 0 saturated carbocycles. The van der Waals surface area contributed by atoms with Crippen LogP contribution in [0.5, 0.6) is 5.75 Å². The lowest BCUT2D eigenvalue weighted by Crippen LogP contribution is -2.24. The first-order valence-electron chi connectivity index (χ1n) is 8.74. The largest absolute Gasteiger partial charge is 0.507 e. The molecule has 0 bridgehead atoms. The van der Waals surface area contributed by atoms with Crippen molar-refractivity contribution < 1.29 is 19.4 Å². The van der Waals surface area contributed by atoms with Crippen molar-refractivity contribution in [2.45, 2.75) is 6.54 Å². The molecule has 2 aromatic heterocycles. The third kappa shape index (κ3) is 3.53. The van der Waals surface area contributed by atoms with Gasteiger partial charge in [-0.2, -0.15) is 0 Å². The fraction of sp³-hybridized carbons (Fsp3) is 0.0476. The fourth-order valence-corrected chi connectivity index (χ4v) is 3.87. The molecule has 2 aromatic carbocycles. The number of nitrogens with zero attached hydrogens (tertiary/aromatic N) is 3. The molecule has 0 atom stereocenters. The van der Waals surface area contributed by atoms with Gasteiger partial charge in [0.15, 0.2) is 0 Å². The van der Waals surface area contributed by atoms with Crippen molar-refractivity contribution in [3.8, 4) is 5.75 Å². The first-order chi connectivity index (χ1) is 14.4. The van der Waals surface area contributed by atoms with Gasteiger partial charge in [0.2, 0.25) is 0 Å². The van der Waals surface area contributed by atoms with E-state index in [0.717, 1.165) is 10.5 Å².